The SMILES string of the molecule is Cc1cc(C)c(C)c(Cn2cnnc2)c1C. The van der Waals surface area contributed by atoms with Gasteiger partial charge < -0.3 is 4.57 Å². The number of aromatic nitrogens is 3. The van der Waals surface area contributed by atoms with Crippen LogP contribution in [-0.4, -0.2) is 14.8 Å². The molecule has 84 valence electrons. The molecular weight excluding hydrogens is 198 g/mol. The molecule has 0 N–H and O–H groups in total. The van der Waals surface area contributed by atoms with Crippen molar-refractivity contribution in [2.24, 2.45) is 0 Å². The molecule has 2 rings (SSSR count). The number of nitrogens with zero attached hydrogens (tertiary/aromatic N) is 3. The Kier molecular flexibility index (Phi) is 2.77. The quantitative estimate of drug-likeness (QED) is 0.770. The molecule has 0 unspecified atom stereocenters. The molecule has 1 aromatic heterocycles. The second kappa shape index (κ2) is 4.08. The lowest BCUT2D eigenvalue weighted by atomic mass is 9.94. The molecule has 0 amide bonds. The summed E-state index contributed by atoms with van der Waals surface area (Å²) in [5.41, 5.74) is 6.84. The van der Waals surface area contributed by atoms with Crippen LogP contribution in [0.15, 0.2) is 18.7 Å². The first kappa shape index (κ1) is 10.9. The smallest absolute Gasteiger partial charge is 0.119 e. The first-order chi connectivity index (χ1) is 7.59. The van der Waals surface area contributed by atoms with Gasteiger partial charge in [-0.25, -0.2) is 0 Å². The monoisotopic (exact) mass is 215 g/mol. The fourth-order valence-electron chi connectivity index (χ4n) is 2.02. The van der Waals surface area contributed by atoms with Crippen LogP contribution < -0.4 is 0 Å². The lowest BCUT2D eigenvalue weighted by molar-refractivity contribution is 0.781. The van der Waals surface area contributed by atoms with Gasteiger partial charge in [0, 0.05) is 0 Å². The molecule has 0 aliphatic rings. The Hall–Kier alpha value is -1.64. The van der Waals surface area contributed by atoms with E-state index in [9.17, 15) is 0 Å². The summed E-state index contributed by atoms with van der Waals surface area (Å²) >= 11 is 0. The molecule has 1 aromatic carbocycles. The standard InChI is InChI=1S/C13H17N3/c1-9-5-10(2)12(4)13(11(9)3)6-16-7-14-15-8-16/h5,7-8H,6H2,1-4H3. The van der Waals surface area contributed by atoms with Crippen molar-refractivity contribution in [3.05, 3.63) is 46.5 Å². The molecule has 0 radical (unpaired) electrons. The third-order valence-electron chi connectivity index (χ3n) is 3.33. The fourth-order valence-corrected chi connectivity index (χ4v) is 2.02. The highest BCUT2D eigenvalue weighted by Gasteiger charge is 2.08. The summed E-state index contributed by atoms with van der Waals surface area (Å²) in [5, 5.41) is 7.67. The third-order valence-corrected chi connectivity index (χ3v) is 3.33. The number of hydrogen-bond donors (Lipinski definition) is 0. The lowest BCUT2D eigenvalue weighted by Gasteiger charge is -2.15. The Bertz CT molecular complexity index is 472. The summed E-state index contributed by atoms with van der Waals surface area (Å²) in [6.45, 7) is 9.55. The maximum absolute atomic E-state index is 3.84. The Balaban J connectivity index is 2.47. The van der Waals surface area contributed by atoms with Crippen LogP contribution in [0.5, 0.6) is 0 Å². The second-order valence-corrected chi connectivity index (χ2v) is 4.37. The average Bonchev–Trinajstić information content (AvgIpc) is 2.74. The zero-order valence-electron chi connectivity index (χ0n) is 10.3. The maximum Gasteiger partial charge on any atom is 0.119 e. The number of aryl methyl sites for hydroxylation is 2. The largest absolute Gasteiger partial charge is 0.316 e. The van der Waals surface area contributed by atoms with Gasteiger partial charge in [0.1, 0.15) is 12.7 Å². The molecule has 0 aliphatic carbocycles. The molecule has 0 atom stereocenters. The number of rotatable bonds is 2. The highest BCUT2D eigenvalue weighted by Crippen LogP contribution is 2.22. The third kappa shape index (κ3) is 1.85. The zero-order chi connectivity index (χ0) is 11.7. The van der Waals surface area contributed by atoms with Gasteiger partial charge in [-0.2, -0.15) is 0 Å². The molecular formula is C13H17N3. The molecule has 16 heavy (non-hydrogen) atoms. The van der Waals surface area contributed by atoms with Gasteiger partial charge in [0.25, 0.3) is 0 Å². The Morgan fingerprint density at radius 2 is 1.44 bits per heavy atom. The van der Waals surface area contributed by atoms with Crippen molar-refractivity contribution in [2.75, 3.05) is 0 Å². The minimum absolute atomic E-state index is 0.854. The van der Waals surface area contributed by atoms with Gasteiger partial charge in [-0.1, -0.05) is 6.07 Å². The average molecular weight is 215 g/mol. The molecule has 3 heteroatoms. The van der Waals surface area contributed by atoms with Crippen molar-refractivity contribution in [2.45, 2.75) is 34.2 Å². The maximum atomic E-state index is 3.84. The van der Waals surface area contributed by atoms with E-state index in [0.717, 1.165) is 6.54 Å². The van der Waals surface area contributed by atoms with Crippen LogP contribution in [0.3, 0.4) is 0 Å². The Morgan fingerprint density at radius 1 is 0.938 bits per heavy atom. The van der Waals surface area contributed by atoms with Gasteiger partial charge in [0.05, 0.1) is 6.54 Å². The van der Waals surface area contributed by atoms with Crippen molar-refractivity contribution < 1.29 is 0 Å². The normalized spacial score (nSPS) is 10.8. The van der Waals surface area contributed by atoms with Gasteiger partial charge >= 0.3 is 0 Å². The van der Waals surface area contributed by atoms with Crippen molar-refractivity contribution in [3.8, 4) is 0 Å². The van der Waals surface area contributed by atoms with E-state index in [1.54, 1.807) is 12.7 Å². The minimum Gasteiger partial charge on any atom is -0.316 e. The van der Waals surface area contributed by atoms with E-state index < -0.39 is 0 Å². The molecule has 0 bridgehead atoms. The molecule has 0 aliphatic heterocycles. The highest BCUT2D eigenvalue weighted by atomic mass is 15.2. The molecule has 1 heterocycles. The van der Waals surface area contributed by atoms with Crippen LogP contribution in [-0.2, 0) is 6.54 Å². The van der Waals surface area contributed by atoms with Crippen molar-refractivity contribution >= 4 is 0 Å². The lowest BCUT2D eigenvalue weighted by Crippen LogP contribution is -2.04. The molecule has 0 fully saturated rings. The van der Waals surface area contributed by atoms with E-state index in [1.807, 2.05) is 4.57 Å². The van der Waals surface area contributed by atoms with E-state index in [1.165, 1.54) is 27.8 Å². The van der Waals surface area contributed by atoms with E-state index in [2.05, 4.69) is 44.0 Å². The van der Waals surface area contributed by atoms with Gasteiger partial charge in [0.15, 0.2) is 0 Å². The summed E-state index contributed by atoms with van der Waals surface area (Å²) in [6.07, 6.45) is 3.52. The topological polar surface area (TPSA) is 30.7 Å². The molecule has 0 saturated carbocycles. The first-order valence-electron chi connectivity index (χ1n) is 5.48. The van der Waals surface area contributed by atoms with Crippen LogP contribution >= 0.6 is 0 Å². The van der Waals surface area contributed by atoms with Crippen LogP contribution in [0.4, 0.5) is 0 Å². The molecule has 0 saturated heterocycles. The van der Waals surface area contributed by atoms with Crippen LogP contribution in [0.1, 0.15) is 27.8 Å². The minimum atomic E-state index is 0.854. The van der Waals surface area contributed by atoms with Gasteiger partial charge in [-0.05, 0) is 55.5 Å². The summed E-state index contributed by atoms with van der Waals surface area (Å²) in [7, 11) is 0. The first-order valence-corrected chi connectivity index (χ1v) is 5.48. The fraction of sp³-hybridized carbons (Fsp3) is 0.385. The zero-order valence-corrected chi connectivity index (χ0v) is 10.3. The molecule has 2 aromatic rings. The van der Waals surface area contributed by atoms with E-state index >= 15 is 0 Å². The van der Waals surface area contributed by atoms with Gasteiger partial charge in [-0.15, -0.1) is 10.2 Å². The second-order valence-electron chi connectivity index (χ2n) is 4.37. The summed E-state index contributed by atoms with van der Waals surface area (Å²) < 4.78 is 2.01. The Labute approximate surface area is 96.1 Å². The number of hydrogen-bond acceptors (Lipinski definition) is 2. The van der Waals surface area contributed by atoms with Gasteiger partial charge in [0.2, 0.25) is 0 Å². The van der Waals surface area contributed by atoms with Crippen LogP contribution in [0, 0.1) is 27.7 Å². The predicted octanol–water partition coefficient (Wildman–Crippen LogP) is 2.56. The van der Waals surface area contributed by atoms with Crippen LogP contribution in [0.25, 0.3) is 0 Å². The van der Waals surface area contributed by atoms with Crippen molar-refractivity contribution in [3.63, 3.8) is 0 Å². The predicted molar refractivity (Wildman–Crippen MR) is 64.5 cm³/mol. The summed E-state index contributed by atoms with van der Waals surface area (Å²) in [6, 6.07) is 2.25. The molecule has 3 nitrogen and oxygen atoms in total. The van der Waals surface area contributed by atoms with Crippen LogP contribution in [0.2, 0.25) is 0 Å². The highest BCUT2D eigenvalue weighted by molar-refractivity contribution is 5.44. The Morgan fingerprint density at radius 3 is 1.94 bits per heavy atom. The summed E-state index contributed by atoms with van der Waals surface area (Å²) in [4.78, 5) is 0. The van der Waals surface area contributed by atoms with E-state index in [0.29, 0.717) is 0 Å². The van der Waals surface area contributed by atoms with E-state index in [-0.39, 0.29) is 0 Å². The van der Waals surface area contributed by atoms with Gasteiger partial charge in [-0.3, -0.25) is 0 Å². The molecule has 0 spiro atoms. The van der Waals surface area contributed by atoms with Crippen molar-refractivity contribution in [1.82, 2.24) is 14.8 Å². The van der Waals surface area contributed by atoms with Crippen molar-refractivity contribution in [1.29, 1.82) is 0 Å². The summed E-state index contributed by atoms with van der Waals surface area (Å²) in [5.74, 6) is 0. The number of benzene rings is 1. The van der Waals surface area contributed by atoms with E-state index in [4.69, 9.17) is 0 Å².